The van der Waals surface area contributed by atoms with Gasteiger partial charge in [0.25, 0.3) is 5.91 Å². The smallest absolute Gasteiger partial charge is 0.331 e. The summed E-state index contributed by atoms with van der Waals surface area (Å²) in [5.74, 6) is -0.890. The van der Waals surface area contributed by atoms with E-state index in [1.807, 2.05) is 0 Å². The highest BCUT2D eigenvalue weighted by Crippen LogP contribution is 2.45. The number of fused-ring (bicyclic) bond motifs is 1. The first kappa shape index (κ1) is 17.2. The average Bonchev–Trinajstić information content (AvgIpc) is 3.15. The SMILES string of the molecule is O=C1C=CC(C2(Nc3cc(Cl)c(Cl)cc3Cl)C(=O)Nc3ccccc32)O1. The second-order valence-corrected chi connectivity index (χ2v) is 7.12. The Balaban J connectivity index is 1.88. The van der Waals surface area contributed by atoms with Gasteiger partial charge in [-0.1, -0.05) is 53.0 Å². The quantitative estimate of drug-likeness (QED) is 0.583. The number of hydrogen-bond acceptors (Lipinski definition) is 4. The summed E-state index contributed by atoms with van der Waals surface area (Å²) in [5.41, 5.74) is 0.262. The number of nitrogens with one attached hydrogen (secondary N) is 2. The lowest BCUT2D eigenvalue weighted by Gasteiger charge is -2.34. The third-order valence-electron chi connectivity index (χ3n) is 4.38. The predicted molar refractivity (Wildman–Crippen MR) is 101 cm³/mol. The second-order valence-electron chi connectivity index (χ2n) is 5.90. The van der Waals surface area contributed by atoms with Gasteiger partial charge in [-0.3, -0.25) is 4.79 Å². The number of anilines is 2. The first-order chi connectivity index (χ1) is 12.4. The Hall–Kier alpha value is -2.21. The molecule has 132 valence electrons. The Morgan fingerprint density at radius 3 is 2.50 bits per heavy atom. The summed E-state index contributed by atoms with van der Waals surface area (Å²) >= 11 is 18.4. The molecular formula is C18H11Cl3N2O3. The molecule has 0 spiro atoms. The topological polar surface area (TPSA) is 67.4 Å². The van der Waals surface area contributed by atoms with Gasteiger partial charge in [0, 0.05) is 17.3 Å². The van der Waals surface area contributed by atoms with Gasteiger partial charge < -0.3 is 15.4 Å². The van der Waals surface area contributed by atoms with Crippen molar-refractivity contribution in [2.24, 2.45) is 0 Å². The highest BCUT2D eigenvalue weighted by molar-refractivity contribution is 6.44. The maximum atomic E-state index is 13.0. The van der Waals surface area contributed by atoms with E-state index in [0.29, 0.717) is 22.0 Å². The lowest BCUT2D eigenvalue weighted by Crippen LogP contribution is -2.51. The van der Waals surface area contributed by atoms with E-state index < -0.39 is 17.6 Å². The van der Waals surface area contributed by atoms with E-state index in [0.717, 1.165) is 0 Å². The molecule has 0 saturated heterocycles. The molecule has 2 aliphatic rings. The van der Waals surface area contributed by atoms with Crippen LogP contribution in [0.15, 0.2) is 48.6 Å². The van der Waals surface area contributed by atoms with Crippen LogP contribution in [0.2, 0.25) is 15.1 Å². The van der Waals surface area contributed by atoms with Gasteiger partial charge in [-0.25, -0.2) is 4.79 Å². The first-order valence-electron chi connectivity index (χ1n) is 7.64. The molecule has 0 bridgehead atoms. The second kappa shape index (κ2) is 6.20. The third kappa shape index (κ3) is 2.55. The van der Waals surface area contributed by atoms with E-state index in [1.54, 1.807) is 30.3 Å². The fourth-order valence-corrected chi connectivity index (χ4v) is 3.78. The van der Waals surface area contributed by atoms with Crippen molar-refractivity contribution in [3.8, 4) is 0 Å². The summed E-state index contributed by atoms with van der Waals surface area (Å²) in [6.07, 6.45) is 1.98. The van der Waals surface area contributed by atoms with Crippen LogP contribution in [0.5, 0.6) is 0 Å². The van der Waals surface area contributed by atoms with Crippen LogP contribution in [0.1, 0.15) is 5.56 Å². The normalized spacial score (nSPS) is 23.6. The average molecular weight is 410 g/mol. The Kier molecular flexibility index (Phi) is 4.10. The summed E-state index contributed by atoms with van der Waals surface area (Å²) in [6, 6.07) is 10.2. The summed E-state index contributed by atoms with van der Waals surface area (Å²) in [4.78, 5) is 24.7. The van der Waals surface area contributed by atoms with Crippen molar-refractivity contribution in [2.75, 3.05) is 10.6 Å². The number of rotatable bonds is 3. The van der Waals surface area contributed by atoms with E-state index in [2.05, 4.69) is 10.6 Å². The fourth-order valence-electron chi connectivity index (χ4n) is 3.19. The molecule has 2 aliphatic heterocycles. The van der Waals surface area contributed by atoms with Gasteiger partial charge in [0.15, 0.2) is 11.6 Å². The van der Waals surface area contributed by atoms with Gasteiger partial charge in [-0.05, 0) is 24.3 Å². The molecule has 2 aromatic carbocycles. The number of para-hydroxylation sites is 1. The van der Waals surface area contributed by atoms with E-state index in [9.17, 15) is 9.59 Å². The predicted octanol–water partition coefficient (Wildman–Crippen LogP) is 4.39. The maximum absolute atomic E-state index is 13.0. The summed E-state index contributed by atoms with van der Waals surface area (Å²) in [7, 11) is 0. The number of cyclic esters (lactones) is 1. The van der Waals surface area contributed by atoms with Gasteiger partial charge >= 0.3 is 5.97 Å². The van der Waals surface area contributed by atoms with Crippen LogP contribution in [0.4, 0.5) is 11.4 Å². The van der Waals surface area contributed by atoms with Crippen molar-refractivity contribution < 1.29 is 14.3 Å². The van der Waals surface area contributed by atoms with E-state index >= 15 is 0 Å². The highest BCUT2D eigenvalue weighted by atomic mass is 35.5. The van der Waals surface area contributed by atoms with Gasteiger partial charge in [0.2, 0.25) is 0 Å². The minimum Gasteiger partial charge on any atom is -0.451 e. The summed E-state index contributed by atoms with van der Waals surface area (Å²) in [5, 5.41) is 6.81. The Morgan fingerprint density at radius 2 is 1.77 bits per heavy atom. The third-order valence-corrected chi connectivity index (χ3v) is 5.41. The van der Waals surface area contributed by atoms with Crippen molar-refractivity contribution in [1.82, 2.24) is 0 Å². The van der Waals surface area contributed by atoms with Crippen LogP contribution in [-0.4, -0.2) is 18.0 Å². The van der Waals surface area contributed by atoms with E-state index in [1.165, 1.54) is 18.2 Å². The Morgan fingerprint density at radius 1 is 1.04 bits per heavy atom. The summed E-state index contributed by atoms with van der Waals surface area (Å²) in [6.45, 7) is 0. The number of hydrogen-bond donors (Lipinski definition) is 2. The molecule has 2 heterocycles. The number of benzene rings is 2. The van der Waals surface area contributed by atoms with Crippen LogP contribution in [0.3, 0.4) is 0 Å². The molecule has 0 aromatic heterocycles. The van der Waals surface area contributed by atoms with Crippen LogP contribution >= 0.6 is 34.8 Å². The summed E-state index contributed by atoms with van der Waals surface area (Å²) < 4.78 is 5.37. The molecule has 0 saturated carbocycles. The van der Waals surface area contributed by atoms with Crippen molar-refractivity contribution in [1.29, 1.82) is 0 Å². The zero-order chi connectivity index (χ0) is 18.5. The minimum absolute atomic E-state index is 0.277. The number of esters is 1. The lowest BCUT2D eigenvalue weighted by molar-refractivity contribution is -0.142. The largest absolute Gasteiger partial charge is 0.451 e. The first-order valence-corrected chi connectivity index (χ1v) is 8.77. The molecule has 26 heavy (non-hydrogen) atoms. The van der Waals surface area contributed by atoms with Gasteiger partial charge in [0.1, 0.15) is 0 Å². The number of carbonyl (C=O) groups is 2. The van der Waals surface area contributed by atoms with Crippen molar-refractivity contribution in [2.45, 2.75) is 11.6 Å². The molecule has 2 atom stereocenters. The van der Waals surface area contributed by atoms with Crippen LogP contribution in [-0.2, 0) is 19.9 Å². The van der Waals surface area contributed by atoms with E-state index in [-0.39, 0.29) is 16.0 Å². The van der Waals surface area contributed by atoms with E-state index in [4.69, 9.17) is 39.5 Å². The monoisotopic (exact) mass is 408 g/mol. The molecule has 4 rings (SSSR count). The molecule has 5 nitrogen and oxygen atoms in total. The highest BCUT2D eigenvalue weighted by Gasteiger charge is 2.55. The molecule has 1 amide bonds. The van der Waals surface area contributed by atoms with Crippen LogP contribution in [0.25, 0.3) is 0 Å². The Labute approximate surface area is 163 Å². The molecule has 2 aromatic rings. The molecule has 2 unspecified atom stereocenters. The molecule has 8 heteroatoms. The zero-order valence-electron chi connectivity index (χ0n) is 13.1. The number of ether oxygens (including phenoxy) is 1. The minimum atomic E-state index is -1.39. The molecule has 0 aliphatic carbocycles. The molecule has 0 radical (unpaired) electrons. The zero-order valence-corrected chi connectivity index (χ0v) is 15.3. The molecule has 2 N–H and O–H groups in total. The van der Waals surface area contributed by atoms with Crippen molar-refractivity contribution >= 4 is 58.1 Å². The van der Waals surface area contributed by atoms with Gasteiger partial charge in [-0.15, -0.1) is 0 Å². The number of carbonyl (C=O) groups excluding carboxylic acids is 2. The molecular weight excluding hydrogens is 399 g/mol. The van der Waals surface area contributed by atoms with Gasteiger partial charge in [-0.2, -0.15) is 0 Å². The van der Waals surface area contributed by atoms with Gasteiger partial charge in [0.05, 0.1) is 20.8 Å². The van der Waals surface area contributed by atoms with Crippen molar-refractivity contribution in [3.63, 3.8) is 0 Å². The lowest BCUT2D eigenvalue weighted by atomic mass is 9.85. The standard InChI is InChI=1S/C18H11Cl3N2O3/c19-10-7-12(21)14(8-11(10)20)23-18(15-5-6-16(24)26-15)9-3-1-2-4-13(9)22-17(18)25/h1-8,15,23H,(H,22,25). The molecule has 0 fully saturated rings. The van der Waals surface area contributed by atoms with Crippen LogP contribution in [0, 0.1) is 0 Å². The van der Waals surface area contributed by atoms with Crippen LogP contribution < -0.4 is 10.6 Å². The maximum Gasteiger partial charge on any atom is 0.331 e. The van der Waals surface area contributed by atoms with Crippen molar-refractivity contribution in [3.05, 3.63) is 69.2 Å². The number of halogens is 3. The number of amides is 1. The fraction of sp³-hybridized carbons (Fsp3) is 0.111. The Bertz CT molecular complexity index is 976.